The smallest absolute Gasteiger partial charge is 0.232 e. The van der Waals surface area contributed by atoms with Crippen molar-refractivity contribution >= 4 is 11.6 Å². The lowest BCUT2D eigenvalue weighted by Gasteiger charge is -2.07. The number of tetrazole rings is 1. The van der Waals surface area contributed by atoms with Gasteiger partial charge in [-0.2, -0.15) is 0 Å². The molecule has 1 heterocycles. The topological polar surface area (TPSA) is 81.9 Å². The minimum atomic E-state index is -0.181. The van der Waals surface area contributed by atoms with Gasteiger partial charge in [0.1, 0.15) is 11.5 Å². The molecule has 0 spiro atoms. The van der Waals surface area contributed by atoms with E-state index in [-0.39, 0.29) is 12.3 Å². The standard InChI is InChI=1S/C16H15N5O2/c1-21-15(18-19-20-21)11-16(22)17-12-7-9-14(10-8-12)23-13-5-3-2-4-6-13/h2-10H,11H2,1H3,(H,17,22). The molecular formula is C16H15N5O2. The lowest BCUT2D eigenvalue weighted by Crippen LogP contribution is -2.17. The summed E-state index contributed by atoms with van der Waals surface area (Å²) in [5, 5.41) is 13.8. The third-order valence-corrected chi connectivity index (χ3v) is 3.14. The third-order valence-electron chi connectivity index (χ3n) is 3.14. The van der Waals surface area contributed by atoms with E-state index < -0.39 is 0 Å². The van der Waals surface area contributed by atoms with Gasteiger partial charge in [0.15, 0.2) is 5.82 Å². The zero-order valence-corrected chi connectivity index (χ0v) is 12.5. The van der Waals surface area contributed by atoms with E-state index in [1.807, 2.05) is 30.3 Å². The normalized spacial score (nSPS) is 10.3. The van der Waals surface area contributed by atoms with Crippen molar-refractivity contribution in [3.05, 3.63) is 60.4 Å². The summed E-state index contributed by atoms with van der Waals surface area (Å²) >= 11 is 0. The van der Waals surface area contributed by atoms with Crippen molar-refractivity contribution in [2.45, 2.75) is 6.42 Å². The quantitative estimate of drug-likeness (QED) is 0.781. The van der Waals surface area contributed by atoms with E-state index in [0.717, 1.165) is 5.75 Å². The van der Waals surface area contributed by atoms with Crippen LogP contribution in [0.2, 0.25) is 0 Å². The number of anilines is 1. The molecule has 3 aromatic rings. The lowest BCUT2D eigenvalue weighted by molar-refractivity contribution is -0.115. The molecule has 0 aliphatic carbocycles. The molecule has 0 fully saturated rings. The molecule has 0 aliphatic heterocycles. The molecule has 23 heavy (non-hydrogen) atoms. The van der Waals surface area contributed by atoms with E-state index in [2.05, 4.69) is 20.8 Å². The second kappa shape index (κ2) is 6.69. The van der Waals surface area contributed by atoms with E-state index in [9.17, 15) is 4.79 Å². The van der Waals surface area contributed by atoms with Gasteiger partial charge in [-0.25, -0.2) is 4.68 Å². The zero-order chi connectivity index (χ0) is 16.1. The molecule has 0 unspecified atom stereocenters. The van der Waals surface area contributed by atoms with Gasteiger partial charge in [0.2, 0.25) is 5.91 Å². The number of rotatable bonds is 5. The first-order valence-corrected chi connectivity index (χ1v) is 7.05. The van der Waals surface area contributed by atoms with Gasteiger partial charge in [-0.15, -0.1) is 5.10 Å². The maximum Gasteiger partial charge on any atom is 0.232 e. The Morgan fingerprint density at radius 2 is 1.78 bits per heavy atom. The summed E-state index contributed by atoms with van der Waals surface area (Å²) in [6.07, 6.45) is 0.117. The van der Waals surface area contributed by atoms with Crippen LogP contribution in [0.15, 0.2) is 54.6 Å². The maximum atomic E-state index is 12.0. The number of aryl methyl sites for hydroxylation is 1. The first-order valence-electron chi connectivity index (χ1n) is 7.05. The molecule has 0 atom stereocenters. The monoisotopic (exact) mass is 309 g/mol. The van der Waals surface area contributed by atoms with E-state index in [4.69, 9.17) is 4.74 Å². The average Bonchev–Trinajstić information content (AvgIpc) is 2.95. The highest BCUT2D eigenvalue weighted by molar-refractivity contribution is 5.91. The molecule has 0 radical (unpaired) electrons. The predicted molar refractivity (Wildman–Crippen MR) is 84.1 cm³/mol. The number of hydrogen-bond donors (Lipinski definition) is 1. The Hall–Kier alpha value is -3.22. The maximum absolute atomic E-state index is 12.0. The van der Waals surface area contributed by atoms with Gasteiger partial charge in [-0.1, -0.05) is 18.2 Å². The summed E-state index contributed by atoms with van der Waals surface area (Å²) in [5.74, 6) is 1.79. The number of ether oxygens (including phenoxy) is 1. The van der Waals surface area contributed by atoms with E-state index in [0.29, 0.717) is 17.3 Å². The summed E-state index contributed by atoms with van der Waals surface area (Å²) in [5.41, 5.74) is 0.686. The lowest BCUT2D eigenvalue weighted by atomic mass is 10.3. The second-order valence-corrected chi connectivity index (χ2v) is 4.88. The molecule has 1 aromatic heterocycles. The van der Waals surface area contributed by atoms with Crippen LogP contribution in [-0.4, -0.2) is 26.1 Å². The van der Waals surface area contributed by atoms with Crippen LogP contribution in [0.5, 0.6) is 11.5 Å². The Bertz CT molecular complexity index is 784. The van der Waals surface area contributed by atoms with Crippen LogP contribution in [0.1, 0.15) is 5.82 Å². The van der Waals surface area contributed by atoms with Crippen LogP contribution in [0.4, 0.5) is 5.69 Å². The number of para-hydroxylation sites is 1. The van der Waals surface area contributed by atoms with Gasteiger partial charge in [-0.05, 0) is 46.8 Å². The summed E-state index contributed by atoms with van der Waals surface area (Å²) in [6.45, 7) is 0. The van der Waals surface area contributed by atoms with E-state index in [1.54, 1.807) is 31.3 Å². The molecule has 2 aromatic carbocycles. The number of hydrogen-bond acceptors (Lipinski definition) is 5. The molecule has 7 nitrogen and oxygen atoms in total. The molecule has 0 saturated heterocycles. The Morgan fingerprint density at radius 1 is 1.09 bits per heavy atom. The number of aromatic nitrogens is 4. The summed E-state index contributed by atoms with van der Waals surface area (Å²) in [4.78, 5) is 12.0. The summed E-state index contributed by atoms with van der Waals surface area (Å²) < 4.78 is 7.17. The SMILES string of the molecule is Cn1nnnc1CC(=O)Nc1ccc(Oc2ccccc2)cc1. The largest absolute Gasteiger partial charge is 0.457 e. The van der Waals surface area contributed by atoms with Gasteiger partial charge in [0, 0.05) is 12.7 Å². The average molecular weight is 309 g/mol. The van der Waals surface area contributed by atoms with Crippen molar-refractivity contribution in [2.24, 2.45) is 7.05 Å². The fourth-order valence-corrected chi connectivity index (χ4v) is 1.98. The molecular weight excluding hydrogens is 294 g/mol. The van der Waals surface area contributed by atoms with E-state index >= 15 is 0 Å². The number of benzene rings is 2. The minimum Gasteiger partial charge on any atom is -0.457 e. The van der Waals surface area contributed by atoms with Crippen LogP contribution < -0.4 is 10.1 Å². The van der Waals surface area contributed by atoms with Gasteiger partial charge >= 0.3 is 0 Å². The molecule has 1 N–H and O–H groups in total. The van der Waals surface area contributed by atoms with Crippen molar-refractivity contribution in [3.8, 4) is 11.5 Å². The third kappa shape index (κ3) is 3.91. The Morgan fingerprint density at radius 3 is 2.43 bits per heavy atom. The van der Waals surface area contributed by atoms with Crippen molar-refractivity contribution in [1.29, 1.82) is 0 Å². The fourth-order valence-electron chi connectivity index (χ4n) is 1.98. The van der Waals surface area contributed by atoms with Gasteiger partial charge in [0.05, 0.1) is 6.42 Å². The molecule has 1 amide bonds. The van der Waals surface area contributed by atoms with E-state index in [1.165, 1.54) is 4.68 Å². The highest BCUT2D eigenvalue weighted by Crippen LogP contribution is 2.22. The predicted octanol–water partition coefficient (Wildman–Crippen LogP) is 2.18. The van der Waals surface area contributed by atoms with Crippen LogP contribution in [0.25, 0.3) is 0 Å². The number of nitrogens with one attached hydrogen (secondary N) is 1. The number of carbonyl (C=O) groups is 1. The highest BCUT2D eigenvalue weighted by Gasteiger charge is 2.09. The summed E-state index contributed by atoms with van der Waals surface area (Å²) in [7, 11) is 1.69. The Balaban J connectivity index is 1.59. The van der Waals surface area contributed by atoms with Crippen LogP contribution in [-0.2, 0) is 18.3 Å². The van der Waals surface area contributed by atoms with Crippen LogP contribution >= 0.6 is 0 Å². The van der Waals surface area contributed by atoms with Crippen LogP contribution in [0, 0.1) is 0 Å². The highest BCUT2D eigenvalue weighted by atomic mass is 16.5. The molecule has 3 rings (SSSR count). The fraction of sp³-hybridized carbons (Fsp3) is 0.125. The summed E-state index contributed by atoms with van der Waals surface area (Å²) in [6, 6.07) is 16.7. The van der Waals surface area contributed by atoms with Gasteiger partial charge in [0.25, 0.3) is 0 Å². The van der Waals surface area contributed by atoms with Crippen molar-refractivity contribution in [3.63, 3.8) is 0 Å². The number of amides is 1. The Labute approximate surface area is 132 Å². The van der Waals surface area contributed by atoms with Gasteiger partial charge in [-0.3, -0.25) is 4.79 Å². The molecule has 0 bridgehead atoms. The number of nitrogens with zero attached hydrogens (tertiary/aromatic N) is 4. The first kappa shape index (κ1) is 14.7. The molecule has 7 heteroatoms. The van der Waals surface area contributed by atoms with Gasteiger partial charge < -0.3 is 10.1 Å². The minimum absolute atomic E-state index is 0.117. The second-order valence-electron chi connectivity index (χ2n) is 4.88. The van der Waals surface area contributed by atoms with Crippen molar-refractivity contribution in [2.75, 3.05) is 5.32 Å². The molecule has 0 aliphatic rings. The van der Waals surface area contributed by atoms with Crippen molar-refractivity contribution < 1.29 is 9.53 Å². The zero-order valence-electron chi connectivity index (χ0n) is 12.5. The Kier molecular flexibility index (Phi) is 4.28. The van der Waals surface area contributed by atoms with Crippen molar-refractivity contribution in [1.82, 2.24) is 20.2 Å². The number of carbonyl (C=O) groups excluding carboxylic acids is 1. The molecule has 0 saturated carbocycles. The van der Waals surface area contributed by atoms with Crippen LogP contribution in [0.3, 0.4) is 0 Å². The molecule has 116 valence electrons. The first-order chi connectivity index (χ1) is 11.2.